The molecule has 5 aromatic rings. The number of nitrogens with zero attached hydrogens (tertiary/aromatic N) is 1. The summed E-state index contributed by atoms with van der Waals surface area (Å²) in [5.41, 5.74) is 7.00. The zero-order chi connectivity index (χ0) is 32.4. The van der Waals surface area contributed by atoms with Gasteiger partial charge < -0.3 is 19.9 Å². The first-order valence-corrected chi connectivity index (χ1v) is 16.3. The van der Waals surface area contributed by atoms with E-state index in [0.29, 0.717) is 12.1 Å². The van der Waals surface area contributed by atoms with Gasteiger partial charge in [0.25, 0.3) is 5.91 Å². The molecule has 1 amide bonds. The van der Waals surface area contributed by atoms with Crippen LogP contribution in [0.4, 0.5) is 0 Å². The van der Waals surface area contributed by atoms with E-state index in [1.54, 1.807) is 0 Å². The highest BCUT2D eigenvalue weighted by atomic mass is 16.7. The van der Waals surface area contributed by atoms with E-state index in [1.165, 1.54) is 11.1 Å². The van der Waals surface area contributed by atoms with Gasteiger partial charge >= 0.3 is 0 Å². The van der Waals surface area contributed by atoms with Crippen molar-refractivity contribution in [3.63, 3.8) is 0 Å². The molecule has 1 saturated heterocycles. The Labute approximate surface area is 277 Å². The first-order valence-electron chi connectivity index (χ1n) is 16.3. The Balaban J connectivity index is 1.22. The zero-order valence-corrected chi connectivity index (χ0v) is 26.7. The predicted molar refractivity (Wildman–Crippen MR) is 184 cm³/mol. The maximum Gasteiger partial charge on any atom is 0.251 e. The molecule has 6 nitrogen and oxygen atoms in total. The number of hydrogen-bond acceptors (Lipinski definition) is 5. The fraction of sp³-hybridized carbons (Fsp3) is 0.244. The molecular weight excluding hydrogens is 584 g/mol. The summed E-state index contributed by atoms with van der Waals surface area (Å²) in [6.45, 7) is 4.95. The molecule has 1 fully saturated rings. The van der Waals surface area contributed by atoms with Crippen LogP contribution in [0.25, 0.3) is 0 Å². The summed E-state index contributed by atoms with van der Waals surface area (Å²) in [6, 6.07) is 46.5. The standard InChI is InChI=1S/C41H42N2O4/c1-30-38(28-43(26-32-11-5-2-6-12-32)27-33-13-7-3-8-14-33)46-41(47-39(30)35-21-19-34(29-44)20-22-35)37-23-17-31(18-24-37)25-42-40(45)36-15-9-4-10-16-36/h2-24,30,38-39,41,44H,25-29H2,1H3,(H,42,45)/t30-,38+,39+,41+/m1/s1. The Morgan fingerprint density at radius 2 is 1.19 bits per heavy atom. The van der Waals surface area contributed by atoms with Crippen molar-refractivity contribution in [3.05, 3.63) is 178 Å². The van der Waals surface area contributed by atoms with Gasteiger partial charge in [-0.25, -0.2) is 0 Å². The number of aliphatic hydroxyl groups is 1. The third-order valence-electron chi connectivity index (χ3n) is 8.80. The average Bonchev–Trinajstić information content (AvgIpc) is 3.13. The zero-order valence-electron chi connectivity index (χ0n) is 26.7. The molecule has 0 spiro atoms. The quantitative estimate of drug-likeness (QED) is 0.149. The van der Waals surface area contributed by atoms with E-state index in [0.717, 1.165) is 41.9 Å². The van der Waals surface area contributed by atoms with Crippen molar-refractivity contribution in [3.8, 4) is 0 Å². The van der Waals surface area contributed by atoms with E-state index in [4.69, 9.17) is 9.47 Å². The van der Waals surface area contributed by atoms with Crippen molar-refractivity contribution in [2.75, 3.05) is 6.54 Å². The Morgan fingerprint density at radius 3 is 1.77 bits per heavy atom. The van der Waals surface area contributed by atoms with E-state index in [2.05, 4.69) is 89.9 Å². The van der Waals surface area contributed by atoms with Crippen molar-refractivity contribution in [2.45, 2.75) is 51.7 Å². The Morgan fingerprint density at radius 1 is 0.660 bits per heavy atom. The minimum atomic E-state index is -0.568. The molecule has 47 heavy (non-hydrogen) atoms. The summed E-state index contributed by atoms with van der Waals surface area (Å²) >= 11 is 0. The SMILES string of the molecule is C[C@@H]1[C@H](CN(Cc2ccccc2)Cc2ccccc2)O[C@H](c2ccc(CNC(=O)c3ccccc3)cc2)O[C@@H]1c1ccc(CO)cc1. The van der Waals surface area contributed by atoms with Crippen LogP contribution in [-0.4, -0.2) is 28.6 Å². The molecule has 6 heteroatoms. The van der Waals surface area contributed by atoms with E-state index in [1.807, 2.05) is 66.7 Å². The smallest absolute Gasteiger partial charge is 0.251 e. The number of carbonyl (C=O) groups excluding carboxylic acids is 1. The molecule has 1 aliphatic heterocycles. The molecule has 1 heterocycles. The fourth-order valence-corrected chi connectivity index (χ4v) is 6.12. The highest BCUT2D eigenvalue weighted by molar-refractivity contribution is 5.94. The molecule has 5 aromatic carbocycles. The Kier molecular flexibility index (Phi) is 10.9. The Hall–Kier alpha value is -4.59. The van der Waals surface area contributed by atoms with Crippen LogP contribution in [0.1, 0.15) is 63.1 Å². The van der Waals surface area contributed by atoms with Crippen molar-refractivity contribution >= 4 is 5.91 Å². The summed E-state index contributed by atoms with van der Waals surface area (Å²) < 4.78 is 13.5. The van der Waals surface area contributed by atoms with Crippen molar-refractivity contribution in [1.29, 1.82) is 0 Å². The first-order chi connectivity index (χ1) is 23.1. The molecule has 0 saturated carbocycles. The lowest BCUT2D eigenvalue weighted by atomic mass is 9.89. The number of benzene rings is 5. The van der Waals surface area contributed by atoms with Crippen LogP contribution in [-0.2, 0) is 35.7 Å². The lowest BCUT2D eigenvalue weighted by molar-refractivity contribution is -0.276. The van der Waals surface area contributed by atoms with Crippen LogP contribution in [0.15, 0.2) is 140 Å². The van der Waals surface area contributed by atoms with Gasteiger partial charge in [-0.3, -0.25) is 9.69 Å². The molecular formula is C41H42N2O4. The summed E-state index contributed by atoms with van der Waals surface area (Å²) in [7, 11) is 0. The molecule has 0 aliphatic carbocycles. The molecule has 0 bridgehead atoms. The molecule has 1 aliphatic rings. The molecule has 2 N–H and O–H groups in total. The highest BCUT2D eigenvalue weighted by Gasteiger charge is 2.39. The number of carbonyl (C=O) groups is 1. The number of ether oxygens (including phenoxy) is 2. The monoisotopic (exact) mass is 626 g/mol. The van der Waals surface area contributed by atoms with Crippen LogP contribution in [0, 0.1) is 5.92 Å². The van der Waals surface area contributed by atoms with E-state index in [-0.39, 0.29) is 30.6 Å². The largest absolute Gasteiger partial charge is 0.392 e. The van der Waals surface area contributed by atoms with Gasteiger partial charge in [-0.05, 0) is 39.9 Å². The molecule has 4 atom stereocenters. The summed E-state index contributed by atoms with van der Waals surface area (Å²) in [6.07, 6.45) is -0.887. The summed E-state index contributed by atoms with van der Waals surface area (Å²) in [4.78, 5) is 15.0. The predicted octanol–water partition coefficient (Wildman–Crippen LogP) is 7.60. The van der Waals surface area contributed by atoms with Crippen molar-refractivity contribution in [1.82, 2.24) is 10.2 Å². The van der Waals surface area contributed by atoms with E-state index >= 15 is 0 Å². The van der Waals surface area contributed by atoms with Gasteiger partial charge in [0.1, 0.15) is 0 Å². The van der Waals surface area contributed by atoms with Gasteiger partial charge in [0.05, 0.1) is 18.8 Å². The van der Waals surface area contributed by atoms with E-state index in [9.17, 15) is 9.90 Å². The van der Waals surface area contributed by atoms with Gasteiger partial charge in [0.2, 0.25) is 0 Å². The maximum atomic E-state index is 12.6. The molecule has 0 unspecified atom stereocenters. The van der Waals surface area contributed by atoms with Crippen LogP contribution < -0.4 is 5.32 Å². The first kappa shape index (κ1) is 32.4. The van der Waals surface area contributed by atoms with Gasteiger partial charge in [-0.2, -0.15) is 0 Å². The lowest BCUT2D eigenvalue weighted by Crippen LogP contribution is -2.44. The summed E-state index contributed by atoms with van der Waals surface area (Å²) in [5.74, 6) is -0.0381. The van der Waals surface area contributed by atoms with Crippen LogP contribution >= 0.6 is 0 Å². The topological polar surface area (TPSA) is 71.0 Å². The number of aliphatic hydroxyl groups excluding tert-OH is 1. The third-order valence-corrected chi connectivity index (χ3v) is 8.80. The molecule has 240 valence electrons. The second-order valence-electron chi connectivity index (χ2n) is 12.3. The lowest BCUT2D eigenvalue weighted by Gasteiger charge is -2.43. The normalized spacial score (nSPS) is 19.4. The van der Waals surface area contributed by atoms with Gasteiger partial charge in [-0.15, -0.1) is 0 Å². The summed E-state index contributed by atoms with van der Waals surface area (Å²) in [5, 5.41) is 12.6. The molecule has 0 aromatic heterocycles. The maximum absolute atomic E-state index is 12.6. The molecule has 6 rings (SSSR count). The van der Waals surface area contributed by atoms with Crippen LogP contribution in [0.3, 0.4) is 0 Å². The second-order valence-corrected chi connectivity index (χ2v) is 12.3. The number of amides is 1. The van der Waals surface area contributed by atoms with Gasteiger partial charge in [0.15, 0.2) is 6.29 Å². The van der Waals surface area contributed by atoms with Gasteiger partial charge in [0, 0.05) is 43.2 Å². The van der Waals surface area contributed by atoms with Gasteiger partial charge in [-0.1, -0.05) is 134 Å². The number of nitrogens with one attached hydrogen (secondary N) is 1. The average molecular weight is 627 g/mol. The number of rotatable bonds is 12. The fourth-order valence-electron chi connectivity index (χ4n) is 6.12. The third kappa shape index (κ3) is 8.61. The van der Waals surface area contributed by atoms with Crippen molar-refractivity contribution < 1.29 is 19.4 Å². The van der Waals surface area contributed by atoms with E-state index < -0.39 is 6.29 Å². The minimum Gasteiger partial charge on any atom is -0.392 e. The second kappa shape index (κ2) is 15.8. The Bertz CT molecular complexity index is 1640. The number of hydrogen-bond donors (Lipinski definition) is 2. The highest BCUT2D eigenvalue weighted by Crippen LogP contribution is 2.42. The van der Waals surface area contributed by atoms with Crippen LogP contribution in [0.5, 0.6) is 0 Å². The van der Waals surface area contributed by atoms with Crippen molar-refractivity contribution in [2.24, 2.45) is 5.92 Å². The minimum absolute atomic E-state index is 0.00179. The van der Waals surface area contributed by atoms with Crippen LogP contribution in [0.2, 0.25) is 0 Å². The molecule has 0 radical (unpaired) electrons.